The topological polar surface area (TPSA) is 71.1 Å². The van der Waals surface area contributed by atoms with Crippen molar-refractivity contribution in [2.24, 2.45) is 17.8 Å². The van der Waals surface area contributed by atoms with Crippen molar-refractivity contribution in [3.05, 3.63) is 24.3 Å². The number of nitrogens with zero attached hydrogens (tertiary/aromatic N) is 2. The predicted molar refractivity (Wildman–Crippen MR) is 114 cm³/mol. The van der Waals surface area contributed by atoms with Gasteiger partial charge in [0, 0.05) is 31.7 Å². The molecular formula is C24H31N3O4. The van der Waals surface area contributed by atoms with Crippen LogP contribution in [0.1, 0.15) is 38.5 Å². The Morgan fingerprint density at radius 2 is 1.45 bits per heavy atom. The van der Waals surface area contributed by atoms with Gasteiger partial charge in [-0.15, -0.1) is 0 Å². The normalized spacial score (nSPS) is 35.7. The molecule has 6 aliphatic rings. The maximum atomic E-state index is 13.1. The van der Waals surface area contributed by atoms with Crippen LogP contribution in [-0.2, 0) is 4.79 Å². The Labute approximate surface area is 183 Å². The third-order valence-corrected chi connectivity index (χ3v) is 8.07. The molecule has 166 valence electrons. The van der Waals surface area contributed by atoms with Crippen LogP contribution in [0.3, 0.4) is 0 Å². The summed E-state index contributed by atoms with van der Waals surface area (Å²) in [5.41, 5.74) is 0.0272. The minimum atomic E-state index is -0.623. The first-order valence-electron chi connectivity index (χ1n) is 11.8. The molecule has 7 heteroatoms. The number of fused-ring (bicyclic) bond motifs is 1. The van der Waals surface area contributed by atoms with Crippen LogP contribution in [0.25, 0.3) is 0 Å². The molecule has 0 spiro atoms. The first-order valence-corrected chi connectivity index (χ1v) is 11.8. The summed E-state index contributed by atoms with van der Waals surface area (Å²) in [6.45, 7) is 2.42. The zero-order valence-corrected chi connectivity index (χ0v) is 17.9. The fraction of sp³-hybridized carbons (Fsp3) is 0.667. The highest BCUT2D eigenvalue weighted by atomic mass is 16.6. The molecule has 1 N–H and O–H groups in total. The molecule has 3 amide bonds. The van der Waals surface area contributed by atoms with Gasteiger partial charge in [-0.25, -0.2) is 4.79 Å². The van der Waals surface area contributed by atoms with Gasteiger partial charge in [0.1, 0.15) is 6.61 Å². The van der Waals surface area contributed by atoms with Gasteiger partial charge in [0.25, 0.3) is 5.91 Å². The van der Waals surface area contributed by atoms with Gasteiger partial charge in [0.15, 0.2) is 11.5 Å². The van der Waals surface area contributed by atoms with Crippen LogP contribution in [0.15, 0.2) is 24.3 Å². The van der Waals surface area contributed by atoms with Crippen LogP contribution in [0.2, 0.25) is 0 Å². The van der Waals surface area contributed by atoms with E-state index in [4.69, 9.17) is 9.47 Å². The van der Waals surface area contributed by atoms with Crippen molar-refractivity contribution in [2.75, 3.05) is 32.8 Å². The number of para-hydroxylation sites is 2. The number of benzene rings is 1. The second-order valence-electron chi connectivity index (χ2n) is 10.3. The largest absolute Gasteiger partial charge is 0.485 e. The number of amides is 3. The lowest BCUT2D eigenvalue weighted by Crippen LogP contribution is -2.63. The predicted octanol–water partition coefficient (Wildman–Crippen LogP) is 2.65. The van der Waals surface area contributed by atoms with E-state index in [1.165, 1.54) is 19.3 Å². The summed E-state index contributed by atoms with van der Waals surface area (Å²) in [5.74, 6) is 3.66. The highest BCUT2D eigenvalue weighted by Crippen LogP contribution is 2.55. The highest BCUT2D eigenvalue weighted by molar-refractivity contribution is 5.82. The molecule has 1 atom stereocenters. The molecule has 4 aliphatic carbocycles. The van der Waals surface area contributed by atoms with Gasteiger partial charge in [0.05, 0.1) is 0 Å². The number of rotatable bonds is 2. The van der Waals surface area contributed by atoms with Crippen LogP contribution < -0.4 is 14.8 Å². The lowest BCUT2D eigenvalue weighted by atomic mass is 9.53. The average molecular weight is 426 g/mol. The van der Waals surface area contributed by atoms with E-state index in [1.807, 2.05) is 29.2 Å². The molecule has 2 aliphatic heterocycles. The summed E-state index contributed by atoms with van der Waals surface area (Å²) < 4.78 is 11.6. The zero-order chi connectivity index (χ0) is 21.0. The molecule has 1 aromatic rings. The Bertz CT molecular complexity index is 844. The number of piperazine rings is 1. The molecular weight excluding hydrogens is 394 g/mol. The maximum absolute atomic E-state index is 13.1. The summed E-state index contributed by atoms with van der Waals surface area (Å²) in [6.07, 6.45) is 6.95. The number of ether oxygens (including phenoxy) is 2. The maximum Gasteiger partial charge on any atom is 0.317 e. The van der Waals surface area contributed by atoms with E-state index < -0.39 is 6.10 Å². The van der Waals surface area contributed by atoms with Crippen molar-refractivity contribution < 1.29 is 19.1 Å². The summed E-state index contributed by atoms with van der Waals surface area (Å²) in [5, 5.41) is 3.45. The molecule has 31 heavy (non-hydrogen) atoms. The molecule has 7 rings (SSSR count). The van der Waals surface area contributed by atoms with Crippen molar-refractivity contribution in [2.45, 2.75) is 50.2 Å². The number of nitrogens with one attached hydrogen (secondary N) is 1. The summed E-state index contributed by atoms with van der Waals surface area (Å²) in [7, 11) is 0. The number of hydrogen-bond donors (Lipinski definition) is 1. The van der Waals surface area contributed by atoms with Crippen LogP contribution in [0.4, 0.5) is 4.79 Å². The molecule has 5 fully saturated rings. The summed E-state index contributed by atoms with van der Waals surface area (Å²) in [6, 6.07) is 7.48. The van der Waals surface area contributed by atoms with E-state index >= 15 is 0 Å². The molecule has 7 nitrogen and oxygen atoms in total. The number of carbonyl (C=O) groups excluding carboxylic acids is 2. The highest BCUT2D eigenvalue weighted by Gasteiger charge is 2.52. The summed E-state index contributed by atoms with van der Waals surface area (Å²) >= 11 is 0. The standard InChI is InChI=1S/C24H31N3O4/c28-22(21-15-30-19-3-1-2-4-20(19)31-21)26-5-7-27(8-6-26)23(29)25-24-12-16-9-17(13-24)11-18(10-16)14-24/h1-4,16-18,21H,5-15H2,(H,25,29)/t16?,17?,18?,21-,24?/m1/s1. The third kappa shape index (κ3) is 3.52. The van der Waals surface area contributed by atoms with E-state index in [2.05, 4.69) is 5.32 Å². The zero-order valence-electron chi connectivity index (χ0n) is 17.9. The number of urea groups is 1. The molecule has 4 bridgehead atoms. The van der Waals surface area contributed by atoms with Gasteiger partial charge in [-0.05, 0) is 68.4 Å². The molecule has 1 saturated heterocycles. The first kappa shape index (κ1) is 19.3. The Hall–Kier alpha value is -2.44. The van der Waals surface area contributed by atoms with Crippen molar-refractivity contribution in [1.82, 2.24) is 15.1 Å². The SMILES string of the molecule is O=C(NC12CC3CC(CC(C3)C1)C2)N1CCN(C(=O)[C@H]2COc3ccccc3O2)CC1. The van der Waals surface area contributed by atoms with Crippen molar-refractivity contribution in [1.29, 1.82) is 0 Å². The molecule has 4 saturated carbocycles. The Balaban J connectivity index is 1.03. The Morgan fingerprint density at radius 3 is 2.10 bits per heavy atom. The van der Waals surface area contributed by atoms with Gasteiger partial charge in [0.2, 0.25) is 6.10 Å². The van der Waals surface area contributed by atoms with Crippen LogP contribution in [0.5, 0.6) is 11.5 Å². The van der Waals surface area contributed by atoms with E-state index in [-0.39, 0.29) is 24.1 Å². The van der Waals surface area contributed by atoms with Gasteiger partial charge in [-0.3, -0.25) is 4.79 Å². The third-order valence-electron chi connectivity index (χ3n) is 8.07. The molecule has 2 heterocycles. The minimum Gasteiger partial charge on any atom is -0.485 e. The Morgan fingerprint density at radius 1 is 0.871 bits per heavy atom. The number of carbonyl (C=O) groups is 2. The van der Waals surface area contributed by atoms with E-state index in [0.717, 1.165) is 37.0 Å². The molecule has 0 aromatic heterocycles. The Kier molecular flexibility index (Phi) is 4.54. The summed E-state index contributed by atoms with van der Waals surface area (Å²) in [4.78, 5) is 29.7. The van der Waals surface area contributed by atoms with Gasteiger partial charge in [-0.2, -0.15) is 0 Å². The average Bonchev–Trinajstić information content (AvgIpc) is 2.77. The van der Waals surface area contributed by atoms with Crippen molar-refractivity contribution in [3.63, 3.8) is 0 Å². The molecule has 0 radical (unpaired) electrons. The van der Waals surface area contributed by atoms with E-state index in [1.54, 1.807) is 4.90 Å². The second kappa shape index (κ2) is 7.31. The van der Waals surface area contributed by atoms with Crippen LogP contribution >= 0.6 is 0 Å². The number of hydrogen-bond acceptors (Lipinski definition) is 4. The molecule has 0 unspecified atom stereocenters. The van der Waals surface area contributed by atoms with Crippen LogP contribution in [0, 0.1) is 17.8 Å². The van der Waals surface area contributed by atoms with Crippen molar-refractivity contribution >= 4 is 11.9 Å². The first-order chi connectivity index (χ1) is 15.1. The smallest absolute Gasteiger partial charge is 0.317 e. The van der Waals surface area contributed by atoms with E-state index in [9.17, 15) is 9.59 Å². The van der Waals surface area contributed by atoms with Crippen molar-refractivity contribution in [3.8, 4) is 11.5 Å². The fourth-order valence-corrected chi connectivity index (χ4v) is 7.04. The fourth-order valence-electron chi connectivity index (χ4n) is 7.04. The minimum absolute atomic E-state index is 0.0272. The lowest BCUT2D eigenvalue weighted by Gasteiger charge is -2.57. The molecule has 1 aromatic carbocycles. The van der Waals surface area contributed by atoms with Crippen LogP contribution in [-0.4, -0.2) is 66.2 Å². The van der Waals surface area contributed by atoms with Gasteiger partial charge < -0.3 is 24.6 Å². The quantitative estimate of drug-likeness (QED) is 0.791. The second-order valence-corrected chi connectivity index (χ2v) is 10.3. The van der Waals surface area contributed by atoms with Gasteiger partial charge in [-0.1, -0.05) is 12.1 Å². The van der Waals surface area contributed by atoms with E-state index in [0.29, 0.717) is 37.7 Å². The monoisotopic (exact) mass is 425 g/mol. The lowest BCUT2D eigenvalue weighted by molar-refractivity contribution is -0.142. The van der Waals surface area contributed by atoms with Gasteiger partial charge >= 0.3 is 6.03 Å².